The molecule has 0 spiro atoms. The van der Waals surface area contributed by atoms with Crippen LogP contribution in [0.4, 0.5) is 0 Å². The summed E-state index contributed by atoms with van der Waals surface area (Å²) < 4.78 is 16.4. The average molecular weight is 378 g/mol. The van der Waals surface area contributed by atoms with Gasteiger partial charge in [0.1, 0.15) is 23.9 Å². The highest BCUT2D eigenvalue weighted by atomic mass is 35.5. The lowest BCUT2D eigenvalue weighted by Gasteiger charge is -2.17. The summed E-state index contributed by atoms with van der Waals surface area (Å²) in [6.45, 7) is 4.56. The first kappa shape index (κ1) is 19.9. The van der Waals surface area contributed by atoms with Crippen molar-refractivity contribution in [2.24, 2.45) is 0 Å². The van der Waals surface area contributed by atoms with E-state index in [4.69, 9.17) is 25.8 Å². The van der Waals surface area contributed by atoms with Gasteiger partial charge in [0.05, 0.1) is 13.7 Å². The fourth-order valence-corrected chi connectivity index (χ4v) is 2.43. The van der Waals surface area contributed by atoms with E-state index < -0.39 is 6.10 Å². The minimum absolute atomic E-state index is 0.172. The molecule has 140 valence electrons. The molecule has 1 atom stereocenters. The average Bonchev–Trinajstić information content (AvgIpc) is 2.66. The summed E-state index contributed by atoms with van der Waals surface area (Å²) in [5.41, 5.74) is 0.994. The molecular weight excluding hydrogens is 354 g/mol. The molecule has 5 nitrogen and oxygen atoms in total. The van der Waals surface area contributed by atoms with Crippen LogP contribution in [0.2, 0.25) is 5.02 Å². The first-order valence-electron chi connectivity index (χ1n) is 8.51. The largest absolute Gasteiger partial charge is 0.497 e. The summed E-state index contributed by atoms with van der Waals surface area (Å²) in [5, 5.41) is 3.48. The summed E-state index contributed by atoms with van der Waals surface area (Å²) in [6.07, 6.45) is 0.00366. The number of ether oxygens (including phenoxy) is 3. The van der Waals surface area contributed by atoms with Crippen LogP contribution in [-0.4, -0.2) is 32.3 Å². The van der Waals surface area contributed by atoms with E-state index in [1.807, 2.05) is 26.0 Å². The Morgan fingerprint density at radius 3 is 2.38 bits per heavy atom. The Bertz CT molecular complexity index is 718. The number of amides is 1. The van der Waals surface area contributed by atoms with Gasteiger partial charge in [-0.1, -0.05) is 24.6 Å². The molecule has 1 amide bonds. The number of carbonyl (C=O) groups excluding carboxylic acids is 1. The fraction of sp³-hybridized carbons (Fsp3) is 0.350. The van der Waals surface area contributed by atoms with Gasteiger partial charge in [-0.15, -0.1) is 0 Å². The number of aryl methyl sites for hydroxylation is 1. The molecule has 6 heteroatoms. The lowest BCUT2D eigenvalue weighted by atomic mass is 10.2. The first-order valence-corrected chi connectivity index (χ1v) is 8.88. The predicted octanol–water partition coefficient (Wildman–Crippen LogP) is 4.01. The maximum Gasteiger partial charge on any atom is 0.261 e. The molecule has 0 heterocycles. The molecule has 0 aliphatic rings. The van der Waals surface area contributed by atoms with E-state index >= 15 is 0 Å². The molecule has 0 aliphatic heterocycles. The third kappa shape index (κ3) is 5.85. The van der Waals surface area contributed by atoms with Crippen LogP contribution in [0.5, 0.6) is 17.2 Å². The van der Waals surface area contributed by atoms with Crippen molar-refractivity contribution in [2.75, 3.05) is 20.3 Å². The Morgan fingerprint density at radius 2 is 1.77 bits per heavy atom. The van der Waals surface area contributed by atoms with Gasteiger partial charge in [-0.05, 0) is 55.3 Å². The van der Waals surface area contributed by atoms with Gasteiger partial charge in [0.25, 0.3) is 5.91 Å². The summed E-state index contributed by atoms with van der Waals surface area (Å²) >= 11 is 6.06. The number of nitrogens with one attached hydrogen (secondary N) is 1. The Labute approximate surface area is 159 Å². The van der Waals surface area contributed by atoms with E-state index in [0.29, 0.717) is 36.1 Å². The minimum Gasteiger partial charge on any atom is -0.497 e. The summed E-state index contributed by atoms with van der Waals surface area (Å²) in [7, 11) is 1.60. The number of benzene rings is 2. The topological polar surface area (TPSA) is 56.8 Å². The van der Waals surface area contributed by atoms with Crippen molar-refractivity contribution in [3.05, 3.63) is 53.1 Å². The monoisotopic (exact) mass is 377 g/mol. The third-order valence-electron chi connectivity index (χ3n) is 3.81. The van der Waals surface area contributed by atoms with Crippen molar-refractivity contribution in [1.82, 2.24) is 5.32 Å². The van der Waals surface area contributed by atoms with Crippen molar-refractivity contribution in [2.45, 2.75) is 26.4 Å². The quantitative estimate of drug-likeness (QED) is 0.671. The molecule has 0 bridgehead atoms. The van der Waals surface area contributed by atoms with Gasteiger partial charge in [-0.3, -0.25) is 4.79 Å². The second-order valence-electron chi connectivity index (χ2n) is 5.74. The van der Waals surface area contributed by atoms with Gasteiger partial charge in [0.2, 0.25) is 0 Å². The lowest BCUT2D eigenvalue weighted by molar-refractivity contribution is -0.128. The van der Waals surface area contributed by atoms with Gasteiger partial charge >= 0.3 is 0 Å². The Morgan fingerprint density at radius 1 is 1.12 bits per heavy atom. The van der Waals surface area contributed by atoms with Gasteiger partial charge < -0.3 is 19.5 Å². The van der Waals surface area contributed by atoms with Crippen LogP contribution in [-0.2, 0) is 4.79 Å². The van der Waals surface area contributed by atoms with Crippen molar-refractivity contribution >= 4 is 17.5 Å². The summed E-state index contributed by atoms with van der Waals surface area (Å²) in [5.74, 6) is 1.87. The Hall–Kier alpha value is -2.40. The van der Waals surface area contributed by atoms with Crippen molar-refractivity contribution < 1.29 is 19.0 Å². The third-order valence-corrected chi connectivity index (χ3v) is 4.22. The van der Waals surface area contributed by atoms with Gasteiger partial charge in [-0.2, -0.15) is 0 Å². The number of hydrogen-bond acceptors (Lipinski definition) is 4. The number of rotatable bonds is 9. The van der Waals surface area contributed by atoms with E-state index in [0.717, 1.165) is 11.3 Å². The van der Waals surface area contributed by atoms with Crippen LogP contribution in [0.25, 0.3) is 0 Å². The van der Waals surface area contributed by atoms with Crippen molar-refractivity contribution in [1.29, 1.82) is 0 Å². The van der Waals surface area contributed by atoms with Crippen molar-refractivity contribution in [3.63, 3.8) is 0 Å². The molecule has 0 unspecified atom stereocenters. The highest BCUT2D eigenvalue weighted by Crippen LogP contribution is 2.21. The maximum absolute atomic E-state index is 12.3. The van der Waals surface area contributed by atoms with Gasteiger partial charge in [0, 0.05) is 5.02 Å². The van der Waals surface area contributed by atoms with Crippen molar-refractivity contribution in [3.8, 4) is 17.2 Å². The Kier molecular flexibility index (Phi) is 7.60. The standard InChI is InChI=1S/C20H24ClNO4/c1-4-19(26-16-9-7-15(24-3)8-10-16)20(23)22-11-12-25-17-6-5-14(2)18(21)13-17/h5-10,13,19H,4,11-12H2,1-3H3,(H,22,23)/t19-/m1/s1. The van der Waals surface area contributed by atoms with Crippen LogP contribution >= 0.6 is 11.6 Å². The van der Waals surface area contributed by atoms with Gasteiger partial charge in [0.15, 0.2) is 6.10 Å². The zero-order valence-electron chi connectivity index (χ0n) is 15.3. The highest BCUT2D eigenvalue weighted by molar-refractivity contribution is 6.31. The molecular formula is C20H24ClNO4. The molecule has 0 saturated carbocycles. The summed E-state index contributed by atoms with van der Waals surface area (Å²) in [6, 6.07) is 12.6. The van der Waals surface area contributed by atoms with Crippen LogP contribution < -0.4 is 19.5 Å². The molecule has 1 N–H and O–H groups in total. The normalized spacial score (nSPS) is 11.5. The van der Waals surface area contributed by atoms with Crippen LogP contribution in [0, 0.1) is 6.92 Å². The van der Waals surface area contributed by atoms with Crippen LogP contribution in [0.1, 0.15) is 18.9 Å². The predicted molar refractivity (Wildman–Crippen MR) is 102 cm³/mol. The SMILES string of the molecule is CC[C@@H](Oc1ccc(OC)cc1)C(=O)NCCOc1ccc(C)c(Cl)c1. The summed E-state index contributed by atoms with van der Waals surface area (Å²) in [4.78, 5) is 12.3. The maximum atomic E-state index is 12.3. The highest BCUT2D eigenvalue weighted by Gasteiger charge is 2.17. The second-order valence-corrected chi connectivity index (χ2v) is 6.15. The molecule has 2 rings (SSSR count). The zero-order valence-corrected chi connectivity index (χ0v) is 16.0. The number of methoxy groups -OCH3 is 1. The van der Waals surface area contributed by atoms with Gasteiger partial charge in [-0.25, -0.2) is 0 Å². The zero-order chi connectivity index (χ0) is 18.9. The Balaban J connectivity index is 1.78. The van der Waals surface area contributed by atoms with E-state index in [1.54, 1.807) is 37.4 Å². The molecule has 26 heavy (non-hydrogen) atoms. The number of carbonyl (C=O) groups is 1. The molecule has 2 aromatic rings. The molecule has 0 radical (unpaired) electrons. The molecule has 0 fully saturated rings. The van der Waals surface area contributed by atoms with E-state index in [1.165, 1.54) is 0 Å². The molecule has 0 saturated heterocycles. The first-order chi connectivity index (χ1) is 12.5. The van der Waals surface area contributed by atoms with E-state index in [-0.39, 0.29) is 5.91 Å². The van der Waals surface area contributed by atoms with E-state index in [9.17, 15) is 4.79 Å². The molecule has 0 aromatic heterocycles. The van der Waals surface area contributed by atoms with E-state index in [2.05, 4.69) is 5.32 Å². The van der Waals surface area contributed by atoms with Crippen LogP contribution in [0.15, 0.2) is 42.5 Å². The number of hydrogen-bond donors (Lipinski definition) is 1. The molecule has 2 aromatic carbocycles. The van der Waals surface area contributed by atoms with Crippen LogP contribution in [0.3, 0.4) is 0 Å². The minimum atomic E-state index is -0.558. The lowest BCUT2D eigenvalue weighted by Crippen LogP contribution is -2.39. The fourth-order valence-electron chi connectivity index (χ4n) is 2.26. The number of halogens is 1. The second kappa shape index (κ2) is 9.92. The molecule has 0 aliphatic carbocycles. The smallest absolute Gasteiger partial charge is 0.261 e.